The molecule has 11 heteroatoms. The molecule has 0 aliphatic carbocycles. The second-order valence-electron chi connectivity index (χ2n) is 10.7. The number of carbonyl (C=O) groups excluding carboxylic acids is 2. The molecule has 1 amide bonds. The fourth-order valence-corrected chi connectivity index (χ4v) is 5.22. The first-order chi connectivity index (χ1) is 16.6. The number of amides is 1. The summed E-state index contributed by atoms with van der Waals surface area (Å²) >= 11 is 0. The van der Waals surface area contributed by atoms with Crippen LogP contribution in [0.5, 0.6) is 0 Å². The van der Waals surface area contributed by atoms with Gasteiger partial charge in [-0.3, -0.25) is 9.59 Å². The van der Waals surface area contributed by atoms with Crippen LogP contribution in [0.1, 0.15) is 47.0 Å². The van der Waals surface area contributed by atoms with E-state index in [2.05, 4.69) is 16.3 Å². The third-order valence-electron chi connectivity index (χ3n) is 7.22. The third kappa shape index (κ3) is 5.96. The number of piperidine rings is 1. The van der Waals surface area contributed by atoms with Crippen LogP contribution < -0.4 is 5.32 Å². The van der Waals surface area contributed by atoms with E-state index in [1.165, 1.54) is 4.90 Å². The second kappa shape index (κ2) is 10.7. The van der Waals surface area contributed by atoms with E-state index in [-0.39, 0.29) is 36.5 Å². The molecular formula is C24H38N4O7. The average Bonchev–Trinajstić information content (AvgIpc) is 3.44. The van der Waals surface area contributed by atoms with Crippen molar-refractivity contribution in [1.82, 2.24) is 15.1 Å². The van der Waals surface area contributed by atoms with Gasteiger partial charge in [0.1, 0.15) is 24.4 Å². The number of aliphatic hydroxyl groups excluding tert-OH is 1. The molecule has 4 rings (SSSR count). The average molecular weight is 495 g/mol. The van der Waals surface area contributed by atoms with Gasteiger partial charge < -0.3 is 39.2 Å². The molecule has 0 saturated carbocycles. The van der Waals surface area contributed by atoms with Crippen LogP contribution in [-0.2, 0) is 28.5 Å². The number of hydrogen-bond acceptors (Lipinski definition) is 10. The fourth-order valence-electron chi connectivity index (χ4n) is 5.22. The number of nitrogens with zero attached hydrogens (tertiary/aromatic N) is 3. The minimum absolute atomic E-state index is 0.145. The molecule has 1 unspecified atom stereocenters. The lowest BCUT2D eigenvalue weighted by Gasteiger charge is -2.35. The van der Waals surface area contributed by atoms with E-state index in [4.69, 9.17) is 18.9 Å². The summed E-state index contributed by atoms with van der Waals surface area (Å²) in [6.45, 7) is 9.89. The van der Waals surface area contributed by atoms with Crippen LogP contribution in [0.2, 0.25) is 0 Å². The Kier molecular flexibility index (Phi) is 8.00. The molecule has 35 heavy (non-hydrogen) atoms. The summed E-state index contributed by atoms with van der Waals surface area (Å²) in [5.41, 5.74) is 0. The van der Waals surface area contributed by atoms with Gasteiger partial charge in [0.2, 0.25) is 5.91 Å². The number of nitriles is 1. The van der Waals surface area contributed by atoms with Gasteiger partial charge in [-0.25, -0.2) is 0 Å². The highest BCUT2D eigenvalue weighted by Gasteiger charge is 2.54. The van der Waals surface area contributed by atoms with Crippen LogP contribution in [0, 0.1) is 17.2 Å². The van der Waals surface area contributed by atoms with E-state index in [0.29, 0.717) is 19.5 Å². The molecule has 4 saturated heterocycles. The van der Waals surface area contributed by atoms with Crippen LogP contribution in [0.3, 0.4) is 0 Å². The van der Waals surface area contributed by atoms with Crippen molar-refractivity contribution in [1.29, 1.82) is 5.26 Å². The molecule has 0 spiro atoms. The van der Waals surface area contributed by atoms with Crippen molar-refractivity contribution in [3.63, 3.8) is 0 Å². The maximum absolute atomic E-state index is 12.8. The van der Waals surface area contributed by atoms with Gasteiger partial charge in [0.05, 0.1) is 18.5 Å². The van der Waals surface area contributed by atoms with E-state index in [0.717, 1.165) is 25.9 Å². The number of esters is 1. The largest absolute Gasteiger partial charge is 0.459 e. The first kappa shape index (κ1) is 26.3. The summed E-state index contributed by atoms with van der Waals surface area (Å²) in [5.74, 6) is -1.52. The summed E-state index contributed by atoms with van der Waals surface area (Å²) in [6, 6.07) is 1.58. The second-order valence-corrected chi connectivity index (χ2v) is 10.7. The van der Waals surface area contributed by atoms with Gasteiger partial charge in [-0.1, -0.05) is 13.8 Å². The molecule has 4 aliphatic heterocycles. The highest BCUT2D eigenvalue weighted by Crippen LogP contribution is 2.37. The topological polar surface area (TPSA) is 134 Å². The Hall–Kier alpha value is -1.81. The number of likely N-dealkylation sites (tertiary alicyclic amines) is 2. The van der Waals surface area contributed by atoms with E-state index in [1.54, 1.807) is 13.8 Å². The predicted octanol–water partition coefficient (Wildman–Crippen LogP) is -0.0300. The number of carbonyl (C=O) groups is 2. The zero-order valence-corrected chi connectivity index (χ0v) is 21.0. The third-order valence-corrected chi connectivity index (χ3v) is 7.22. The fraction of sp³-hybridized carbons (Fsp3) is 0.875. The molecule has 0 aromatic rings. The molecule has 0 radical (unpaired) electrons. The number of hydrogen-bond donors (Lipinski definition) is 2. The van der Waals surface area contributed by atoms with Crippen LogP contribution in [0.4, 0.5) is 0 Å². The van der Waals surface area contributed by atoms with Gasteiger partial charge in [-0.05, 0) is 39.8 Å². The lowest BCUT2D eigenvalue weighted by molar-refractivity contribution is -0.216. The molecule has 4 aliphatic rings. The molecule has 11 nitrogen and oxygen atoms in total. The molecule has 0 aromatic heterocycles. The molecule has 0 aromatic carbocycles. The molecule has 2 N–H and O–H groups in total. The summed E-state index contributed by atoms with van der Waals surface area (Å²) in [7, 11) is 0. The van der Waals surface area contributed by atoms with Crippen LogP contribution in [0.25, 0.3) is 0 Å². The standard InChI is InChI=1S/C24H38N4O7/c1-14(2)22(31)32-17-7-10-28(16(17)11-25)19(29)12-26-15-5-8-27(9-6-15)13-18-20(30)21-23(33-18)35-24(3,4)34-21/h14-18,20-21,23,26,30H,5-10,12-13H2,1-4H3/t16-,17?,18-,20+,21-,23-/m1/s1. The molecular weight excluding hydrogens is 456 g/mol. The highest BCUT2D eigenvalue weighted by atomic mass is 16.8. The van der Waals surface area contributed by atoms with Gasteiger partial charge in [0, 0.05) is 25.6 Å². The number of rotatable bonds is 7. The van der Waals surface area contributed by atoms with Crippen molar-refractivity contribution in [2.75, 3.05) is 32.7 Å². The van der Waals surface area contributed by atoms with Gasteiger partial charge in [-0.2, -0.15) is 5.26 Å². The Morgan fingerprint density at radius 2 is 1.91 bits per heavy atom. The Bertz CT molecular complexity index is 823. The number of fused-ring (bicyclic) bond motifs is 1. The monoisotopic (exact) mass is 494 g/mol. The number of nitrogens with one attached hydrogen (secondary N) is 1. The van der Waals surface area contributed by atoms with Crippen LogP contribution in [-0.4, -0.2) is 108 Å². The first-order valence-electron chi connectivity index (χ1n) is 12.6. The van der Waals surface area contributed by atoms with E-state index in [9.17, 15) is 20.0 Å². The van der Waals surface area contributed by atoms with Crippen molar-refractivity contribution in [3.8, 4) is 6.07 Å². The minimum atomic E-state index is -0.746. The summed E-state index contributed by atoms with van der Waals surface area (Å²) in [6.07, 6.45) is -0.459. The zero-order valence-electron chi connectivity index (χ0n) is 21.0. The van der Waals surface area contributed by atoms with E-state index in [1.807, 2.05) is 13.8 Å². The van der Waals surface area contributed by atoms with Crippen molar-refractivity contribution in [3.05, 3.63) is 0 Å². The number of aliphatic hydroxyl groups is 1. The first-order valence-corrected chi connectivity index (χ1v) is 12.6. The minimum Gasteiger partial charge on any atom is -0.459 e. The summed E-state index contributed by atoms with van der Waals surface area (Å²) < 4.78 is 22.8. The molecule has 4 fully saturated rings. The normalized spacial score (nSPS) is 35.3. The lowest BCUT2D eigenvalue weighted by Crippen LogP contribution is -2.50. The highest BCUT2D eigenvalue weighted by molar-refractivity contribution is 5.79. The van der Waals surface area contributed by atoms with Gasteiger partial charge >= 0.3 is 5.97 Å². The predicted molar refractivity (Wildman–Crippen MR) is 123 cm³/mol. The Labute approximate surface area is 206 Å². The molecule has 4 heterocycles. The smallest absolute Gasteiger partial charge is 0.308 e. The van der Waals surface area contributed by atoms with Crippen molar-refractivity contribution in [2.24, 2.45) is 5.92 Å². The summed E-state index contributed by atoms with van der Waals surface area (Å²) in [4.78, 5) is 28.5. The Morgan fingerprint density at radius 1 is 1.20 bits per heavy atom. The quantitative estimate of drug-likeness (QED) is 0.465. The molecule has 0 bridgehead atoms. The van der Waals surface area contributed by atoms with Crippen molar-refractivity contribution in [2.45, 2.75) is 95.5 Å². The lowest BCUT2D eigenvalue weighted by atomic mass is 10.0. The van der Waals surface area contributed by atoms with Gasteiger partial charge in [-0.15, -0.1) is 0 Å². The SMILES string of the molecule is CC(C)C(=O)OC1CCN(C(=O)CNC2CCN(C[C@H]3O[C@@H]4OC(C)(C)O[C@@H]4[C@H]3O)CC2)[C@@H]1C#N. The summed E-state index contributed by atoms with van der Waals surface area (Å²) in [5, 5.41) is 23.5. The number of ether oxygens (including phenoxy) is 4. The molecule has 196 valence electrons. The Morgan fingerprint density at radius 3 is 2.54 bits per heavy atom. The maximum atomic E-state index is 12.8. The van der Waals surface area contributed by atoms with Crippen LogP contribution >= 0.6 is 0 Å². The van der Waals surface area contributed by atoms with Crippen molar-refractivity contribution >= 4 is 11.9 Å². The zero-order chi connectivity index (χ0) is 25.3. The van der Waals surface area contributed by atoms with E-state index < -0.39 is 36.4 Å². The van der Waals surface area contributed by atoms with Crippen molar-refractivity contribution < 1.29 is 33.6 Å². The van der Waals surface area contributed by atoms with Gasteiger partial charge in [0.25, 0.3) is 0 Å². The molecule has 6 atom stereocenters. The van der Waals surface area contributed by atoms with E-state index >= 15 is 0 Å². The maximum Gasteiger partial charge on any atom is 0.308 e. The Balaban J connectivity index is 1.17. The van der Waals surface area contributed by atoms with Gasteiger partial charge in [0.15, 0.2) is 18.1 Å². The van der Waals surface area contributed by atoms with Crippen LogP contribution in [0.15, 0.2) is 0 Å².